The largest absolute Gasteiger partial charge is 0.413 e. The molecule has 0 aliphatic heterocycles. The Labute approximate surface area is 164 Å². The monoisotopic (exact) mass is 398 g/mol. The quantitative estimate of drug-likeness (QED) is 0.483. The maximum atomic E-state index is 11.8. The molecule has 2 aliphatic rings. The van der Waals surface area contributed by atoms with Gasteiger partial charge in [0, 0.05) is 60.0 Å². The molecule has 2 aliphatic carbocycles. The van der Waals surface area contributed by atoms with E-state index in [9.17, 15) is 9.59 Å². The van der Waals surface area contributed by atoms with Crippen LogP contribution in [0.4, 0.5) is 0 Å². The first-order chi connectivity index (χ1) is 12.1. The molecule has 0 saturated heterocycles. The number of hydrogen-bond acceptors (Lipinski definition) is 5. The van der Waals surface area contributed by atoms with Gasteiger partial charge in [-0.25, -0.2) is 0 Å². The Kier molecular flexibility index (Phi) is 9.65. The molecule has 26 heavy (non-hydrogen) atoms. The van der Waals surface area contributed by atoms with Gasteiger partial charge in [-0.3, -0.25) is 9.59 Å². The Morgan fingerprint density at radius 1 is 1.00 bits per heavy atom. The first-order valence-electron chi connectivity index (χ1n) is 8.14. The van der Waals surface area contributed by atoms with Gasteiger partial charge in [0.1, 0.15) is 0 Å². The molecule has 0 bridgehead atoms. The molecule has 2 rings (SSSR count). The summed E-state index contributed by atoms with van der Waals surface area (Å²) in [5, 5.41) is 6.39. The third kappa shape index (κ3) is 6.99. The van der Waals surface area contributed by atoms with Gasteiger partial charge in [-0.15, -0.1) is 0 Å². The molecule has 0 saturated carbocycles. The van der Waals surface area contributed by atoms with E-state index in [1.807, 2.05) is 12.2 Å². The van der Waals surface area contributed by atoms with Crippen molar-refractivity contribution in [2.75, 3.05) is 13.7 Å². The second-order valence-electron chi connectivity index (χ2n) is 5.73. The summed E-state index contributed by atoms with van der Waals surface area (Å²) in [6, 6.07) is -0.0166. The summed E-state index contributed by atoms with van der Waals surface area (Å²) >= 11 is 0. The van der Waals surface area contributed by atoms with Crippen molar-refractivity contribution in [1.82, 2.24) is 10.6 Å². The maximum Gasteiger partial charge on any atom is 0.187 e. The van der Waals surface area contributed by atoms with E-state index in [2.05, 4.69) is 17.6 Å². The van der Waals surface area contributed by atoms with Crippen LogP contribution in [0.15, 0.2) is 72.2 Å². The Bertz CT molecular complexity index is 687. The number of ether oxygens (including phenoxy) is 1. The van der Waals surface area contributed by atoms with Crippen molar-refractivity contribution in [1.29, 1.82) is 0 Å². The minimum Gasteiger partial charge on any atom is -0.413 e. The molecule has 6 heteroatoms. The minimum absolute atomic E-state index is 0. The van der Waals surface area contributed by atoms with Crippen LogP contribution >= 0.6 is 0 Å². The number of ketones is 2. The second-order valence-corrected chi connectivity index (χ2v) is 5.73. The van der Waals surface area contributed by atoms with Gasteiger partial charge in [0.05, 0.1) is 0 Å². The van der Waals surface area contributed by atoms with Crippen molar-refractivity contribution in [2.24, 2.45) is 0 Å². The summed E-state index contributed by atoms with van der Waals surface area (Å²) in [5.41, 5.74) is 1.20. The number of methoxy groups -OCH3 is 1. The van der Waals surface area contributed by atoms with Crippen LogP contribution in [0.2, 0.25) is 0 Å². The molecule has 0 aromatic rings. The van der Waals surface area contributed by atoms with E-state index in [-0.39, 0.29) is 40.5 Å². The number of hydrogen-bond donors (Lipinski definition) is 2. The molecule has 2 N–H and O–H groups in total. The van der Waals surface area contributed by atoms with Crippen LogP contribution in [0.1, 0.15) is 6.42 Å². The summed E-state index contributed by atoms with van der Waals surface area (Å²) < 4.78 is 5.23. The fourth-order valence-corrected chi connectivity index (χ4v) is 2.34. The third-order valence-electron chi connectivity index (χ3n) is 3.82. The van der Waals surface area contributed by atoms with Gasteiger partial charge in [0.25, 0.3) is 0 Å². The van der Waals surface area contributed by atoms with Crippen LogP contribution in [-0.2, 0) is 31.1 Å². The Morgan fingerprint density at radius 3 is 2.08 bits per heavy atom. The number of carbonyl (C=O) groups excluding carboxylic acids is 2. The fourth-order valence-electron chi connectivity index (χ4n) is 2.34. The summed E-state index contributed by atoms with van der Waals surface area (Å²) in [4.78, 5) is 23.5. The van der Waals surface area contributed by atoms with E-state index >= 15 is 0 Å². The van der Waals surface area contributed by atoms with Crippen molar-refractivity contribution < 1.29 is 31.1 Å². The van der Waals surface area contributed by atoms with Crippen molar-refractivity contribution >= 4 is 11.6 Å². The van der Waals surface area contributed by atoms with Gasteiger partial charge >= 0.3 is 0 Å². The molecule has 0 aromatic heterocycles. The number of nitrogens with one attached hydrogen (secondary N) is 2. The van der Waals surface area contributed by atoms with Crippen LogP contribution in [-0.4, -0.2) is 37.4 Å². The minimum atomic E-state index is -0.179. The number of rotatable bonds is 8. The molecule has 141 valence electrons. The van der Waals surface area contributed by atoms with Crippen molar-refractivity contribution in [2.45, 2.75) is 18.6 Å². The zero-order valence-corrected chi connectivity index (χ0v) is 15.6. The van der Waals surface area contributed by atoms with Crippen LogP contribution in [0.5, 0.6) is 0 Å². The topological polar surface area (TPSA) is 67.4 Å². The van der Waals surface area contributed by atoms with Crippen molar-refractivity contribution in [3.05, 3.63) is 79.1 Å². The van der Waals surface area contributed by atoms with E-state index in [4.69, 9.17) is 4.74 Å². The van der Waals surface area contributed by atoms with E-state index < -0.39 is 0 Å². The molecule has 0 fully saturated rings. The Morgan fingerprint density at radius 2 is 1.54 bits per heavy atom. The van der Waals surface area contributed by atoms with Gasteiger partial charge in [-0.05, 0) is 30.7 Å². The molecule has 1 radical (unpaired) electrons. The van der Waals surface area contributed by atoms with E-state index in [0.717, 1.165) is 0 Å². The average Bonchev–Trinajstić information content (AvgIpc) is 2.62. The second kappa shape index (κ2) is 11.5. The van der Waals surface area contributed by atoms with Gasteiger partial charge in [-0.2, -0.15) is 0 Å². The first-order valence-corrected chi connectivity index (χ1v) is 8.14. The molecule has 0 aromatic carbocycles. The predicted molar refractivity (Wildman–Crippen MR) is 98.4 cm³/mol. The third-order valence-corrected chi connectivity index (χ3v) is 3.82. The summed E-state index contributed by atoms with van der Waals surface area (Å²) in [6.07, 6.45) is 17.5. The average molecular weight is 398 g/mol. The normalized spacial score (nSPS) is 21.0. The molecule has 0 heterocycles. The van der Waals surface area contributed by atoms with Gasteiger partial charge < -0.3 is 22.3 Å². The molecule has 0 amide bonds. The zero-order chi connectivity index (χ0) is 18.1. The van der Waals surface area contributed by atoms with Crippen molar-refractivity contribution in [3.63, 3.8) is 0 Å². The van der Waals surface area contributed by atoms with Crippen LogP contribution in [0.25, 0.3) is 0 Å². The van der Waals surface area contributed by atoms with E-state index in [1.165, 1.54) is 12.2 Å². The van der Waals surface area contributed by atoms with Crippen LogP contribution in [0.3, 0.4) is 0 Å². The summed E-state index contributed by atoms with van der Waals surface area (Å²) in [6.45, 7) is 4.48. The SMILES string of the molecule is [CH2-]C(CC(CN/C=C1/C=CC=CC1=O)N/C=C1/C=CC=CC1=O)OC.[Co]. The maximum absolute atomic E-state index is 11.8. The van der Waals surface area contributed by atoms with Crippen LogP contribution in [0, 0.1) is 6.92 Å². The molecule has 2 atom stereocenters. The summed E-state index contributed by atoms with van der Waals surface area (Å²) in [7, 11) is 1.61. The van der Waals surface area contributed by atoms with Gasteiger partial charge in [0.15, 0.2) is 11.6 Å². The van der Waals surface area contributed by atoms with Gasteiger partial charge in [-0.1, -0.05) is 30.4 Å². The molecular weight excluding hydrogens is 375 g/mol. The fraction of sp³-hybridized carbons (Fsp3) is 0.250. The Balaban J connectivity index is 0.00000338. The zero-order valence-electron chi connectivity index (χ0n) is 14.6. The molecule has 0 spiro atoms. The Hall–Kier alpha value is -2.15. The number of carbonyl (C=O) groups is 2. The molecular formula is C20H23CoN2O3-. The van der Waals surface area contributed by atoms with Gasteiger partial charge in [0.2, 0.25) is 0 Å². The van der Waals surface area contributed by atoms with E-state index in [0.29, 0.717) is 24.1 Å². The molecule has 5 nitrogen and oxygen atoms in total. The first kappa shape index (κ1) is 21.9. The number of allylic oxidation sites excluding steroid dienone is 10. The molecule has 2 unspecified atom stereocenters. The smallest absolute Gasteiger partial charge is 0.187 e. The van der Waals surface area contributed by atoms with E-state index in [1.54, 1.807) is 43.8 Å². The van der Waals surface area contributed by atoms with Crippen molar-refractivity contribution in [3.8, 4) is 0 Å². The predicted octanol–water partition coefficient (Wildman–Crippen LogP) is 1.93. The van der Waals surface area contributed by atoms with Crippen LogP contribution < -0.4 is 10.6 Å². The summed E-state index contributed by atoms with van der Waals surface area (Å²) in [5.74, 6) is -0.0650. The standard InChI is InChI=1S/C20H23N2O3.Co/c1-15(25-2)11-18(22-13-17-8-4-6-10-20(17)24)14-21-12-16-7-3-5-9-19(16)23;/h3-10,12-13,15,18,21-22H,1,11,14H2,2H3;/q-1;/b16-12-,17-13-;.